The van der Waals surface area contributed by atoms with Crippen LogP contribution in [-0.2, 0) is 14.4 Å². The number of alkyl halides is 5. The molecule has 0 bridgehead atoms. The first kappa shape index (κ1) is 30.4. The minimum absolute atomic E-state index is 0.190. The molecule has 2 aromatic carbocycles. The number of benzene rings is 2. The number of anilines is 1. The summed E-state index contributed by atoms with van der Waals surface area (Å²) in [6.07, 6.45) is -10.1. The second kappa shape index (κ2) is 12.1. The van der Waals surface area contributed by atoms with E-state index in [1.54, 1.807) is 48.5 Å². The van der Waals surface area contributed by atoms with E-state index in [0.29, 0.717) is 11.1 Å². The third-order valence-electron chi connectivity index (χ3n) is 7.46. The number of fused-ring (bicyclic) bond motifs is 1. The van der Waals surface area contributed by atoms with Gasteiger partial charge in [-0.05, 0) is 31.2 Å². The third-order valence-corrected chi connectivity index (χ3v) is 7.77. The van der Waals surface area contributed by atoms with Crippen molar-refractivity contribution in [2.45, 2.75) is 56.8 Å². The maximum atomic E-state index is 13.8. The average Bonchev–Trinajstić information content (AvgIpc) is 3.04. The SMILES string of the molecule is NC(=O)[C@@H](C1CCC(F)(F)CC1)[C@@H](CCC(F)(F)F)C(=O)N[C@H]1N=C(c2ccccc2)c2cccc(Cl)c2NC1=O. The van der Waals surface area contributed by atoms with Gasteiger partial charge < -0.3 is 16.4 Å². The van der Waals surface area contributed by atoms with Crippen LogP contribution in [-0.4, -0.2) is 41.7 Å². The number of nitrogens with zero attached hydrogens (tertiary/aromatic N) is 1. The summed E-state index contributed by atoms with van der Waals surface area (Å²) in [5, 5.41) is 5.19. The molecule has 4 N–H and O–H groups in total. The summed E-state index contributed by atoms with van der Waals surface area (Å²) in [6, 6.07) is 13.5. The maximum absolute atomic E-state index is 13.8. The molecule has 3 atom stereocenters. The zero-order chi connectivity index (χ0) is 29.9. The van der Waals surface area contributed by atoms with Crippen molar-refractivity contribution >= 4 is 40.7 Å². The quantitative estimate of drug-likeness (QED) is 0.351. The highest BCUT2D eigenvalue weighted by atomic mass is 35.5. The Bertz CT molecular complexity index is 1330. The van der Waals surface area contributed by atoms with E-state index >= 15 is 0 Å². The maximum Gasteiger partial charge on any atom is 0.389 e. The van der Waals surface area contributed by atoms with Gasteiger partial charge in [-0.2, -0.15) is 13.2 Å². The largest absolute Gasteiger partial charge is 0.389 e. The van der Waals surface area contributed by atoms with Gasteiger partial charge in [-0.3, -0.25) is 14.4 Å². The van der Waals surface area contributed by atoms with Crippen molar-refractivity contribution in [1.29, 1.82) is 0 Å². The molecular weight excluding hydrogens is 571 g/mol. The summed E-state index contributed by atoms with van der Waals surface area (Å²) in [6.45, 7) is 0. The van der Waals surface area contributed by atoms with Crippen molar-refractivity contribution in [3.05, 3.63) is 64.7 Å². The molecular formula is C28H28ClF5N4O3. The highest BCUT2D eigenvalue weighted by Gasteiger charge is 2.45. The first-order valence-electron chi connectivity index (χ1n) is 13.0. The summed E-state index contributed by atoms with van der Waals surface area (Å²) in [4.78, 5) is 43.8. The van der Waals surface area contributed by atoms with Gasteiger partial charge in [-0.25, -0.2) is 13.8 Å². The predicted molar refractivity (Wildman–Crippen MR) is 142 cm³/mol. The first-order valence-corrected chi connectivity index (χ1v) is 13.4. The monoisotopic (exact) mass is 598 g/mol. The standard InChI is InChI=1S/C28H28ClF5N4O3/c29-19-8-4-7-18-21(16-5-2-1-3-6-16)36-24(26(41)37-22(18)19)38-25(40)17(11-14-28(32,33)34)20(23(35)39)15-9-12-27(30,31)13-10-15/h1-8,15,17,20,24H,9-14H2,(H2,35,39)(H,37,41)(H,38,40)/t17-,20+,24-/m1/s1. The summed E-state index contributed by atoms with van der Waals surface area (Å²) >= 11 is 6.33. The van der Waals surface area contributed by atoms with Crippen molar-refractivity contribution in [3.8, 4) is 0 Å². The van der Waals surface area contributed by atoms with Gasteiger partial charge in [0.15, 0.2) is 0 Å². The highest BCUT2D eigenvalue weighted by molar-refractivity contribution is 6.36. The Balaban J connectivity index is 1.69. The van der Waals surface area contributed by atoms with Gasteiger partial charge in [0.05, 0.1) is 28.3 Å². The van der Waals surface area contributed by atoms with Gasteiger partial charge in [-0.1, -0.05) is 54.1 Å². The minimum Gasteiger partial charge on any atom is -0.369 e. The van der Waals surface area contributed by atoms with Crippen LogP contribution in [0.1, 0.15) is 49.7 Å². The molecule has 0 radical (unpaired) electrons. The number of carbonyl (C=O) groups is 3. The fourth-order valence-corrected chi connectivity index (χ4v) is 5.66. The van der Waals surface area contributed by atoms with Crippen LogP contribution < -0.4 is 16.4 Å². The number of rotatable bonds is 8. The smallest absolute Gasteiger partial charge is 0.369 e. The number of para-hydroxylation sites is 1. The molecule has 3 amide bonds. The van der Waals surface area contributed by atoms with E-state index < -0.39 is 79.4 Å². The second-order valence-corrected chi connectivity index (χ2v) is 10.7. The van der Waals surface area contributed by atoms with Gasteiger partial charge >= 0.3 is 6.18 Å². The molecule has 2 aromatic rings. The lowest BCUT2D eigenvalue weighted by Gasteiger charge is -2.36. The Morgan fingerprint density at radius 1 is 1.10 bits per heavy atom. The molecule has 1 heterocycles. The van der Waals surface area contributed by atoms with Gasteiger partial charge in [0.25, 0.3) is 5.91 Å². The summed E-state index contributed by atoms with van der Waals surface area (Å²) in [5.41, 5.74) is 7.08. The number of amides is 3. The number of nitrogens with one attached hydrogen (secondary N) is 2. The van der Waals surface area contributed by atoms with Crippen molar-refractivity contribution in [2.24, 2.45) is 28.5 Å². The molecule has 0 spiro atoms. The first-order chi connectivity index (χ1) is 19.3. The normalized spacial score (nSPS) is 20.6. The van der Waals surface area contributed by atoms with Gasteiger partial charge in [0.1, 0.15) is 0 Å². The molecule has 4 rings (SSSR count). The lowest BCUT2D eigenvalue weighted by Crippen LogP contribution is -2.50. The topological polar surface area (TPSA) is 114 Å². The summed E-state index contributed by atoms with van der Waals surface area (Å²) in [7, 11) is 0. The van der Waals surface area contributed by atoms with Crippen LogP contribution in [0.2, 0.25) is 5.02 Å². The molecule has 13 heteroatoms. The fraction of sp³-hybridized carbons (Fsp3) is 0.429. The zero-order valence-electron chi connectivity index (χ0n) is 21.7. The van der Waals surface area contributed by atoms with E-state index in [1.807, 2.05) is 0 Å². The van der Waals surface area contributed by atoms with Crippen LogP contribution in [0.5, 0.6) is 0 Å². The number of nitrogens with two attached hydrogens (primary N) is 1. The Labute approximate surface area is 237 Å². The van der Waals surface area contributed by atoms with Gasteiger partial charge in [0, 0.05) is 30.4 Å². The highest BCUT2D eigenvalue weighted by Crippen LogP contribution is 2.43. The van der Waals surface area contributed by atoms with E-state index in [2.05, 4.69) is 15.6 Å². The van der Waals surface area contributed by atoms with Crippen molar-refractivity contribution < 1.29 is 36.3 Å². The van der Waals surface area contributed by atoms with Crippen LogP contribution in [0.4, 0.5) is 27.6 Å². The molecule has 1 aliphatic heterocycles. The summed E-state index contributed by atoms with van der Waals surface area (Å²) in [5.74, 6) is -9.84. The second-order valence-electron chi connectivity index (χ2n) is 10.3. The van der Waals surface area contributed by atoms with Crippen molar-refractivity contribution in [1.82, 2.24) is 5.32 Å². The zero-order valence-corrected chi connectivity index (χ0v) is 22.4. The lowest BCUT2D eigenvalue weighted by molar-refractivity contribution is -0.149. The van der Waals surface area contributed by atoms with Crippen molar-refractivity contribution in [2.75, 3.05) is 5.32 Å². The van der Waals surface area contributed by atoms with Gasteiger partial charge in [-0.15, -0.1) is 0 Å². The van der Waals surface area contributed by atoms with Crippen LogP contribution in [0, 0.1) is 17.8 Å². The molecule has 0 aromatic heterocycles. The lowest BCUT2D eigenvalue weighted by atomic mass is 9.71. The van der Waals surface area contributed by atoms with Crippen LogP contribution in [0.3, 0.4) is 0 Å². The predicted octanol–water partition coefficient (Wildman–Crippen LogP) is 5.46. The molecule has 7 nitrogen and oxygen atoms in total. The van der Waals surface area contributed by atoms with E-state index in [9.17, 15) is 36.3 Å². The molecule has 220 valence electrons. The minimum atomic E-state index is -4.67. The third kappa shape index (κ3) is 7.41. The number of hydrogen-bond acceptors (Lipinski definition) is 4. The van der Waals surface area contributed by atoms with Crippen LogP contribution >= 0.6 is 11.6 Å². The van der Waals surface area contributed by atoms with Crippen molar-refractivity contribution in [3.63, 3.8) is 0 Å². The summed E-state index contributed by atoms with van der Waals surface area (Å²) < 4.78 is 67.3. The molecule has 1 fully saturated rings. The molecule has 41 heavy (non-hydrogen) atoms. The van der Waals surface area contributed by atoms with E-state index in [-0.39, 0.29) is 29.3 Å². The Hall–Kier alpha value is -3.54. The molecule has 0 saturated heterocycles. The Morgan fingerprint density at radius 2 is 1.76 bits per heavy atom. The van der Waals surface area contributed by atoms with Crippen LogP contribution in [0.15, 0.2) is 53.5 Å². The molecule has 1 aliphatic carbocycles. The van der Waals surface area contributed by atoms with E-state index in [1.165, 1.54) is 0 Å². The Morgan fingerprint density at radius 3 is 2.37 bits per heavy atom. The van der Waals surface area contributed by atoms with Crippen LogP contribution in [0.25, 0.3) is 0 Å². The number of carbonyl (C=O) groups excluding carboxylic acids is 3. The number of primary amides is 1. The van der Waals surface area contributed by atoms with Gasteiger partial charge in [0.2, 0.25) is 23.9 Å². The molecule has 2 aliphatic rings. The Kier molecular flexibility index (Phi) is 9.00. The average molecular weight is 599 g/mol. The van der Waals surface area contributed by atoms with E-state index in [0.717, 1.165) is 0 Å². The number of hydrogen-bond donors (Lipinski definition) is 3. The molecule has 1 saturated carbocycles. The number of benzodiazepines with no additional fused rings is 1. The number of aliphatic imine (C=N–C) groups is 1. The van der Waals surface area contributed by atoms with E-state index in [4.69, 9.17) is 17.3 Å². The fourth-order valence-electron chi connectivity index (χ4n) is 5.44. The number of halogens is 6. The molecule has 0 unspecified atom stereocenters.